The number of aromatic amines is 2. The standard InChI is InChI=1S/C20H23N5O2S3/c1-30(26,27)25-14-9-10-17-18(13-14)24-20(23-17)29-12-6-2-5-11-28-19-21-15-7-3-4-8-16(15)22-19/h3-4,7-10,13,25H,2,5-6,11-12H2,1H3,(H,21,22)(H,23,24). The van der Waals surface area contributed by atoms with Crippen LogP contribution in [-0.2, 0) is 10.0 Å². The summed E-state index contributed by atoms with van der Waals surface area (Å²) in [6.07, 6.45) is 4.55. The molecule has 0 spiro atoms. The molecule has 0 radical (unpaired) electrons. The van der Waals surface area contributed by atoms with Crippen molar-refractivity contribution in [3.8, 4) is 0 Å². The lowest BCUT2D eigenvalue weighted by Gasteiger charge is -2.02. The molecule has 0 aliphatic carbocycles. The minimum Gasteiger partial charge on any atom is -0.333 e. The molecule has 0 amide bonds. The van der Waals surface area contributed by atoms with Crippen LogP contribution in [-0.4, -0.2) is 46.1 Å². The number of benzene rings is 2. The van der Waals surface area contributed by atoms with E-state index in [2.05, 4.69) is 24.7 Å². The van der Waals surface area contributed by atoms with Crippen LogP contribution in [0.3, 0.4) is 0 Å². The van der Waals surface area contributed by atoms with E-state index in [9.17, 15) is 8.42 Å². The summed E-state index contributed by atoms with van der Waals surface area (Å²) in [7, 11) is -3.29. The molecule has 0 saturated carbocycles. The Morgan fingerprint density at radius 3 is 2.17 bits per heavy atom. The van der Waals surface area contributed by atoms with Gasteiger partial charge in [-0.15, -0.1) is 0 Å². The Morgan fingerprint density at radius 2 is 1.50 bits per heavy atom. The number of nitrogens with zero attached hydrogens (tertiary/aromatic N) is 2. The highest BCUT2D eigenvalue weighted by atomic mass is 32.2. The van der Waals surface area contributed by atoms with Crippen LogP contribution in [0.15, 0.2) is 52.8 Å². The average molecular weight is 462 g/mol. The molecule has 0 saturated heterocycles. The molecule has 7 nitrogen and oxygen atoms in total. The molecule has 158 valence electrons. The van der Waals surface area contributed by atoms with Gasteiger partial charge < -0.3 is 9.97 Å². The summed E-state index contributed by atoms with van der Waals surface area (Å²) in [5.74, 6) is 2.04. The van der Waals surface area contributed by atoms with Crippen LogP contribution in [0.5, 0.6) is 0 Å². The first-order chi connectivity index (χ1) is 14.5. The Kier molecular flexibility index (Phi) is 6.55. The number of H-pyrrole nitrogens is 2. The molecule has 0 bridgehead atoms. The van der Waals surface area contributed by atoms with Crippen LogP contribution < -0.4 is 4.72 Å². The van der Waals surface area contributed by atoms with Crippen molar-refractivity contribution in [2.45, 2.75) is 29.6 Å². The van der Waals surface area contributed by atoms with E-state index in [4.69, 9.17) is 0 Å². The molecule has 0 unspecified atom stereocenters. The minimum atomic E-state index is -3.29. The smallest absolute Gasteiger partial charge is 0.229 e. The normalized spacial score (nSPS) is 12.0. The van der Waals surface area contributed by atoms with E-state index >= 15 is 0 Å². The average Bonchev–Trinajstić information content (AvgIpc) is 3.28. The van der Waals surface area contributed by atoms with Crippen molar-refractivity contribution in [3.05, 3.63) is 42.5 Å². The quantitative estimate of drug-likeness (QED) is 0.230. The number of para-hydroxylation sites is 2. The van der Waals surface area contributed by atoms with Gasteiger partial charge in [0.05, 0.1) is 34.0 Å². The van der Waals surface area contributed by atoms with Crippen molar-refractivity contribution >= 4 is 61.3 Å². The molecular weight excluding hydrogens is 438 g/mol. The maximum Gasteiger partial charge on any atom is 0.229 e. The molecule has 4 rings (SSSR count). The summed E-state index contributed by atoms with van der Waals surface area (Å²) in [6.45, 7) is 0. The van der Waals surface area contributed by atoms with Crippen LogP contribution in [0, 0.1) is 0 Å². The lowest BCUT2D eigenvalue weighted by Crippen LogP contribution is -2.09. The van der Waals surface area contributed by atoms with E-state index in [1.165, 1.54) is 0 Å². The largest absolute Gasteiger partial charge is 0.333 e. The first-order valence-electron chi connectivity index (χ1n) is 9.64. The summed E-state index contributed by atoms with van der Waals surface area (Å²) < 4.78 is 25.2. The van der Waals surface area contributed by atoms with Gasteiger partial charge in [0.15, 0.2) is 10.3 Å². The molecule has 30 heavy (non-hydrogen) atoms. The van der Waals surface area contributed by atoms with Gasteiger partial charge in [0.1, 0.15) is 0 Å². The Morgan fingerprint density at radius 1 is 0.867 bits per heavy atom. The van der Waals surface area contributed by atoms with Crippen LogP contribution in [0.25, 0.3) is 22.1 Å². The Balaban J connectivity index is 1.18. The van der Waals surface area contributed by atoms with Crippen molar-refractivity contribution < 1.29 is 8.42 Å². The van der Waals surface area contributed by atoms with Crippen molar-refractivity contribution in [1.82, 2.24) is 19.9 Å². The predicted octanol–water partition coefficient (Wildman–Crippen LogP) is 4.87. The molecule has 0 aliphatic rings. The molecule has 4 aromatic rings. The van der Waals surface area contributed by atoms with Crippen molar-refractivity contribution in [2.24, 2.45) is 0 Å². The molecule has 2 aromatic heterocycles. The van der Waals surface area contributed by atoms with Gasteiger partial charge in [0.25, 0.3) is 0 Å². The second-order valence-corrected chi connectivity index (χ2v) is 10.9. The van der Waals surface area contributed by atoms with E-state index in [-0.39, 0.29) is 0 Å². The number of rotatable bonds is 10. The van der Waals surface area contributed by atoms with Crippen LogP contribution in [0.1, 0.15) is 19.3 Å². The van der Waals surface area contributed by atoms with Crippen molar-refractivity contribution in [2.75, 3.05) is 22.5 Å². The second kappa shape index (κ2) is 9.32. The molecule has 2 heterocycles. The zero-order valence-electron chi connectivity index (χ0n) is 16.5. The number of nitrogens with one attached hydrogen (secondary N) is 3. The fourth-order valence-electron chi connectivity index (χ4n) is 3.05. The number of hydrogen-bond acceptors (Lipinski definition) is 6. The zero-order valence-corrected chi connectivity index (χ0v) is 19.0. The first-order valence-corrected chi connectivity index (χ1v) is 13.5. The zero-order chi connectivity index (χ0) is 21.0. The highest BCUT2D eigenvalue weighted by Gasteiger charge is 2.07. The van der Waals surface area contributed by atoms with E-state index in [0.29, 0.717) is 5.69 Å². The van der Waals surface area contributed by atoms with Gasteiger partial charge in [-0.3, -0.25) is 4.72 Å². The van der Waals surface area contributed by atoms with Gasteiger partial charge in [-0.05, 0) is 43.2 Å². The summed E-state index contributed by atoms with van der Waals surface area (Å²) in [5, 5.41) is 1.84. The fraction of sp³-hybridized carbons (Fsp3) is 0.300. The maximum absolute atomic E-state index is 11.4. The summed E-state index contributed by atoms with van der Waals surface area (Å²) in [6, 6.07) is 13.4. The number of fused-ring (bicyclic) bond motifs is 2. The second-order valence-electron chi connectivity index (χ2n) is 6.96. The molecular formula is C20H23N5O2S3. The van der Waals surface area contributed by atoms with E-state index in [0.717, 1.165) is 69.4 Å². The Hall–Kier alpha value is -2.17. The van der Waals surface area contributed by atoms with Crippen LogP contribution in [0.2, 0.25) is 0 Å². The highest BCUT2D eigenvalue weighted by molar-refractivity contribution is 7.99. The summed E-state index contributed by atoms with van der Waals surface area (Å²) >= 11 is 3.46. The molecule has 3 N–H and O–H groups in total. The summed E-state index contributed by atoms with van der Waals surface area (Å²) in [4.78, 5) is 15.7. The number of sulfonamides is 1. The first kappa shape index (κ1) is 21.1. The molecule has 0 atom stereocenters. The van der Waals surface area contributed by atoms with Gasteiger partial charge in [0.2, 0.25) is 10.0 Å². The molecule has 0 aliphatic heterocycles. The Bertz CT molecular complexity index is 1220. The van der Waals surface area contributed by atoms with Crippen LogP contribution in [0.4, 0.5) is 5.69 Å². The van der Waals surface area contributed by atoms with Gasteiger partial charge in [-0.2, -0.15) is 0 Å². The van der Waals surface area contributed by atoms with Gasteiger partial charge in [0, 0.05) is 11.5 Å². The van der Waals surface area contributed by atoms with E-state index < -0.39 is 10.0 Å². The molecule has 10 heteroatoms. The topological polar surface area (TPSA) is 104 Å². The number of anilines is 1. The predicted molar refractivity (Wildman–Crippen MR) is 126 cm³/mol. The number of unbranched alkanes of at least 4 members (excludes halogenated alkanes) is 2. The third kappa shape index (κ3) is 5.71. The molecule has 2 aromatic carbocycles. The Labute approximate surface area is 183 Å². The number of aromatic nitrogens is 4. The fourth-order valence-corrected chi connectivity index (χ4v) is 5.38. The van der Waals surface area contributed by atoms with Crippen molar-refractivity contribution in [1.29, 1.82) is 0 Å². The maximum atomic E-state index is 11.4. The molecule has 0 fully saturated rings. The van der Waals surface area contributed by atoms with Gasteiger partial charge >= 0.3 is 0 Å². The van der Waals surface area contributed by atoms with Crippen LogP contribution >= 0.6 is 23.5 Å². The number of imidazole rings is 2. The monoisotopic (exact) mass is 461 g/mol. The highest BCUT2D eigenvalue weighted by Crippen LogP contribution is 2.24. The SMILES string of the molecule is CS(=O)(=O)Nc1ccc2nc(SCCCCCSc3nc4ccccc4[nH]3)[nH]c2c1. The van der Waals surface area contributed by atoms with Gasteiger partial charge in [-0.1, -0.05) is 42.1 Å². The lowest BCUT2D eigenvalue weighted by molar-refractivity contribution is 0.607. The third-order valence-electron chi connectivity index (χ3n) is 4.40. The lowest BCUT2D eigenvalue weighted by atomic mass is 10.3. The number of thioether (sulfide) groups is 2. The van der Waals surface area contributed by atoms with E-state index in [1.807, 2.05) is 30.3 Å². The van der Waals surface area contributed by atoms with E-state index in [1.54, 1.807) is 35.7 Å². The third-order valence-corrected chi connectivity index (χ3v) is 6.92. The minimum absolute atomic E-state index is 0.534. The summed E-state index contributed by atoms with van der Waals surface area (Å²) in [5.41, 5.74) is 4.29. The van der Waals surface area contributed by atoms with Crippen molar-refractivity contribution in [3.63, 3.8) is 0 Å². The van der Waals surface area contributed by atoms with Gasteiger partial charge in [-0.25, -0.2) is 18.4 Å². The number of hydrogen-bond donors (Lipinski definition) is 3.